The number of hydrogen-bond donors (Lipinski definition) is 2. The summed E-state index contributed by atoms with van der Waals surface area (Å²) in [5.74, 6) is 0.102. The van der Waals surface area contributed by atoms with Gasteiger partial charge in [-0.05, 0) is 35.5 Å². The molecule has 0 saturated carbocycles. The Labute approximate surface area is 118 Å². The lowest BCUT2D eigenvalue weighted by atomic mass is 10.2. The fourth-order valence-corrected chi connectivity index (χ4v) is 2.81. The normalized spacial score (nSPS) is 17.2. The summed E-state index contributed by atoms with van der Waals surface area (Å²) in [6.07, 6.45) is 1.62. The van der Waals surface area contributed by atoms with Crippen molar-refractivity contribution in [1.82, 2.24) is 5.32 Å². The molecule has 4 nitrogen and oxygen atoms in total. The number of ether oxygens (including phenoxy) is 1. The van der Waals surface area contributed by atoms with Crippen LogP contribution in [0.15, 0.2) is 17.0 Å². The average Bonchev–Trinajstić information content (AvgIpc) is 2.57. The van der Waals surface area contributed by atoms with Crippen LogP contribution in [-0.2, 0) is 4.79 Å². The number of methoxy groups -OCH3 is 1. The Morgan fingerprint density at radius 1 is 1.39 bits per heavy atom. The molecule has 1 saturated heterocycles. The van der Waals surface area contributed by atoms with Crippen LogP contribution in [-0.4, -0.2) is 18.2 Å². The molecular formula is C11H8Cl2N2O2S. The van der Waals surface area contributed by atoms with E-state index in [0.29, 0.717) is 26.3 Å². The van der Waals surface area contributed by atoms with Gasteiger partial charge in [-0.2, -0.15) is 0 Å². The van der Waals surface area contributed by atoms with Gasteiger partial charge in [-0.1, -0.05) is 23.2 Å². The van der Waals surface area contributed by atoms with Crippen molar-refractivity contribution >= 4 is 52.1 Å². The van der Waals surface area contributed by atoms with Crippen LogP contribution in [0.2, 0.25) is 10.0 Å². The molecule has 0 atom stereocenters. The summed E-state index contributed by atoms with van der Waals surface area (Å²) in [6, 6.07) is 3.30. The van der Waals surface area contributed by atoms with E-state index >= 15 is 0 Å². The summed E-state index contributed by atoms with van der Waals surface area (Å²) in [5, 5.41) is 10.6. The number of halogens is 2. The largest absolute Gasteiger partial charge is 0.494 e. The van der Waals surface area contributed by atoms with Gasteiger partial charge in [-0.25, -0.2) is 0 Å². The van der Waals surface area contributed by atoms with Gasteiger partial charge >= 0.3 is 0 Å². The van der Waals surface area contributed by atoms with E-state index in [4.69, 9.17) is 33.3 Å². The zero-order chi connectivity index (χ0) is 13.3. The first kappa shape index (κ1) is 13.3. The molecule has 1 fully saturated rings. The lowest BCUT2D eigenvalue weighted by molar-refractivity contribution is -0.115. The molecule has 0 bridgehead atoms. The van der Waals surface area contributed by atoms with Crippen LogP contribution in [0.1, 0.15) is 5.56 Å². The van der Waals surface area contributed by atoms with E-state index in [9.17, 15) is 4.79 Å². The molecule has 18 heavy (non-hydrogen) atoms. The number of nitrogens with one attached hydrogen (secondary N) is 2. The Hall–Kier alpha value is -1.17. The summed E-state index contributed by atoms with van der Waals surface area (Å²) in [7, 11) is 1.48. The van der Waals surface area contributed by atoms with Crippen LogP contribution in [0.4, 0.5) is 0 Å². The maximum Gasteiger partial charge on any atom is 0.264 e. The number of amides is 1. The molecule has 0 spiro atoms. The Kier molecular flexibility index (Phi) is 3.85. The van der Waals surface area contributed by atoms with Crippen LogP contribution in [0.3, 0.4) is 0 Å². The number of hydrogen-bond acceptors (Lipinski definition) is 4. The first-order valence-corrected chi connectivity index (χ1v) is 6.41. The van der Waals surface area contributed by atoms with Crippen molar-refractivity contribution < 1.29 is 9.53 Å². The number of carbonyl (C=O) groups excluding carboxylic acids is 1. The molecule has 1 aliphatic rings. The van der Waals surface area contributed by atoms with Gasteiger partial charge < -0.3 is 10.1 Å². The van der Waals surface area contributed by atoms with E-state index in [2.05, 4.69) is 5.32 Å². The smallest absolute Gasteiger partial charge is 0.264 e. The molecule has 7 heteroatoms. The minimum Gasteiger partial charge on any atom is -0.494 e. The minimum absolute atomic E-state index is 0.108. The number of thioether (sulfide) groups is 1. The second-order valence-electron chi connectivity index (χ2n) is 3.41. The van der Waals surface area contributed by atoms with Crippen molar-refractivity contribution in [3.63, 3.8) is 0 Å². The fraction of sp³-hybridized carbons (Fsp3) is 0.0909. The predicted octanol–water partition coefficient (Wildman–Crippen LogP) is 3.14. The van der Waals surface area contributed by atoms with Crippen molar-refractivity contribution in [2.75, 3.05) is 7.11 Å². The number of amidine groups is 1. The molecule has 2 rings (SSSR count). The summed E-state index contributed by atoms with van der Waals surface area (Å²) in [4.78, 5) is 11.9. The molecule has 1 aliphatic heterocycles. The van der Waals surface area contributed by atoms with Gasteiger partial charge in [0, 0.05) is 0 Å². The molecule has 2 N–H and O–H groups in total. The van der Waals surface area contributed by atoms with Crippen LogP contribution in [0, 0.1) is 5.41 Å². The van der Waals surface area contributed by atoms with E-state index in [0.717, 1.165) is 11.8 Å². The fourth-order valence-electron chi connectivity index (χ4n) is 1.45. The first-order chi connectivity index (χ1) is 8.51. The summed E-state index contributed by atoms with van der Waals surface area (Å²) < 4.78 is 5.04. The molecule has 0 aliphatic carbocycles. The quantitative estimate of drug-likeness (QED) is 0.825. The number of benzene rings is 1. The van der Waals surface area contributed by atoms with Gasteiger partial charge in [0.05, 0.1) is 22.1 Å². The van der Waals surface area contributed by atoms with Gasteiger partial charge in [-0.3, -0.25) is 10.2 Å². The summed E-state index contributed by atoms with van der Waals surface area (Å²) in [5.41, 5.74) is 0.679. The van der Waals surface area contributed by atoms with Gasteiger partial charge in [-0.15, -0.1) is 0 Å². The third-order valence-electron chi connectivity index (χ3n) is 2.19. The molecular weight excluding hydrogens is 295 g/mol. The third kappa shape index (κ3) is 2.63. The topological polar surface area (TPSA) is 62.2 Å². The number of carbonyl (C=O) groups is 1. The average molecular weight is 303 g/mol. The van der Waals surface area contributed by atoms with Gasteiger partial charge in [0.1, 0.15) is 0 Å². The van der Waals surface area contributed by atoms with Crippen LogP contribution >= 0.6 is 35.0 Å². The maximum absolute atomic E-state index is 11.5. The SMILES string of the molecule is COc1c(Cl)cc(/C=C2/SC(=N)NC2=O)cc1Cl. The standard InChI is InChI=1S/C11H8Cl2N2O2S/c1-17-9-6(12)2-5(3-7(9)13)4-8-10(16)15-11(14)18-8/h2-4H,1H3,(H2,14,15,16)/b8-4+. The van der Waals surface area contributed by atoms with E-state index < -0.39 is 0 Å². The summed E-state index contributed by atoms with van der Waals surface area (Å²) in [6.45, 7) is 0. The van der Waals surface area contributed by atoms with Crippen LogP contribution in [0.25, 0.3) is 6.08 Å². The van der Waals surface area contributed by atoms with Crippen molar-refractivity contribution in [3.8, 4) is 5.75 Å². The predicted molar refractivity (Wildman–Crippen MR) is 74.5 cm³/mol. The highest BCUT2D eigenvalue weighted by Gasteiger charge is 2.22. The molecule has 0 radical (unpaired) electrons. The second-order valence-corrected chi connectivity index (χ2v) is 5.28. The Bertz CT molecular complexity index is 549. The Morgan fingerprint density at radius 2 is 2.00 bits per heavy atom. The van der Waals surface area contributed by atoms with Crippen molar-refractivity contribution in [2.45, 2.75) is 0 Å². The van der Waals surface area contributed by atoms with E-state index in [1.165, 1.54) is 7.11 Å². The molecule has 1 aromatic rings. The zero-order valence-electron chi connectivity index (χ0n) is 9.21. The van der Waals surface area contributed by atoms with E-state index in [-0.39, 0.29) is 11.1 Å². The highest BCUT2D eigenvalue weighted by molar-refractivity contribution is 8.18. The Morgan fingerprint density at radius 3 is 2.44 bits per heavy atom. The first-order valence-electron chi connectivity index (χ1n) is 4.83. The lowest BCUT2D eigenvalue weighted by Gasteiger charge is -2.06. The Balaban J connectivity index is 2.39. The molecule has 1 aromatic carbocycles. The van der Waals surface area contributed by atoms with E-state index in [1.807, 2.05) is 0 Å². The minimum atomic E-state index is -0.298. The van der Waals surface area contributed by atoms with Gasteiger partial charge in [0.25, 0.3) is 5.91 Å². The zero-order valence-corrected chi connectivity index (χ0v) is 11.5. The van der Waals surface area contributed by atoms with Crippen molar-refractivity contribution in [2.24, 2.45) is 0 Å². The third-order valence-corrected chi connectivity index (χ3v) is 3.58. The van der Waals surface area contributed by atoms with Crippen LogP contribution in [0.5, 0.6) is 5.75 Å². The van der Waals surface area contributed by atoms with Gasteiger partial charge in [0.2, 0.25) is 0 Å². The number of rotatable bonds is 2. The van der Waals surface area contributed by atoms with Crippen molar-refractivity contribution in [1.29, 1.82) is 5.41 Å². The summed E-state index contributed by atoms with van der Waals surface area (Å²) >= 11 is 13.1. The van der Waals surface area contributed by atoms with E-state index in [1.54, 1.807) is 18.2 Å². The molecule has 94 valence electrons. The van der Waals surface area contributed by atoms with Crippen LogP contribution < -0.4 is 10.1 Å². The van der Waals surface area contributed by atoms with Gasteiger partial charge in [0.15, 0.2) is 10.9 Å². The molecule has 1 heterocycles. The molecule has 1 amide bonds. The lowest BCUT2D eigenvalue weighted by Crippen LogP contribution is -2.18. The maximum atomic E-state index is 11.5. The molecule has 0 unspecified atom stereocenters. The second kappa shape index (κ2) is 5.22. The highest BCUT2D eigenvalue weighted by Crippen LogP contribution is 2.35. The monoisotopic (exact) mass is 302 g/mol. The highest BCUT2D eigenvalue weighted by atomic mass is 35.5. The molecule has 0 aromatic heterocycles. The van der Waals surface area contributed by atoms with Crippen molar-refractivity contribution in [3.05, 3.63) is 32.6 Å².